The van der Waals surface area contributed by atoms with Crippen molar-refractivity contribution in [3.63, 3.8) is 0 Å². The zero-order valence-corrected chi connectivity index (χ0v) is 19.3. The van der Waals surface area contributed by atoms with Crippen LogP contribution in [0.2, 0.25) is 0 Å². The van der Waals surface area contributed by atoms with Gasteiger partial charge in [-0.25, -0.2) is 9.78 Å². The highest BCUT2D eigenvalue weighted by Crippen LogP contribution is 2.18. The predicted molar refractivity (Wildman–Crippen MR) is 128 cm³/mol. The Morgan fingerprint density at radius 1 is 1.06 bits per heavy atom. The molecule has 182 valence electrons. The van der Waals surface area contributed by atoms with E-state index in [-0.39, 0.29) is 36.1 Å². The Balaban J connectivity index is 1.57. The summed E-state index contributed by atoms with van der Waals surface area (Å²) in [6, 6.07) is 6.05. The zero-order valence-electron chi connectivity index (χ0n) is 19.3. The van der Waals surface area contributed by atoms with Crippen LogP contribution in [-0.4, -0.2) is 56.6 Å². The zero-order chi connectivity index (χ0) is 24.8. The van der Waals surface area contributed by atoms with Gasteiger partial charge in [-0.3, -0.25) is 23.5 Å². The summed E-state index contributed by atoms with van der Waals surface area (Å²) in [5, 5.41) is 5.44. The van der Waals surface area contributed by atoms with E-state index in [1.54, 1.807) is 31.3 Å². The Labute approximate surface area is 195 Å². The number of H-pyrrole nitrogens is 1. The molecule has 12 heteroatoms. The first-order chi connectivity index (χ1) is 16.2. The molecule has 0 aliphatic carbocycles. The number of nitrogens with zero attached hydrogens (tertiary/aromatic N) is 3. The number of unbranched alkanes of at least 4 members (excludes halogenated alkanes) is 1. The molecule has 0 aliphatic rings. The first-order valence-corrected chi connectivity index (χ1v) is 11.0. The van der Waals surface area contributed by atoms with Crippen LogP contribution in [0.25, 0.3) is 22.6 Å². The van der Waals surface area contributed by atoms with E-state index in [2.05, 4.69) is 20.6 Å². The van der Waals surface area contributed by atoms with E-state index in [9.17, 15) is 19.2 Å². The van der Waals surface area contributed by atoms with Crippen molar-refractivity contribution in [3.8, 4) is 11.4 Å². The minimum absolute atomic E-state index is 0.225. The SMILES string of the molecule is Cn1c(=O)c2[nH]c(-c3ccc(C(=O)NCCNC(=O)C(N)CCCCN)cc3)nc2n(C)c1=O. The molecule has 2 aromatic heterocycles. The quantitative estimate of drug-likeness (QED) is 0.234. The molecule has 3 aromatic rings. The third-order valence-electron chi connectivity index (χ3n) is 5.53. The number of hydrogen-bond acceptors (Lipinski definition) is 7. The number of imidazole rings is 1. The Morgan fingerprint density at radius 2 is 1.74 bits per heavy atom. The number of aryl methyl sites for hydroxylation is 1. The topological polar surface area (TPSA) is 183 Å². The van der Waals surface area contributed by atoms with Crippen LogP contribution in [0.3, 0.4) is 0 Å². The second kappa shape index (κ2) is 10.9. The van der Waals surface area contributed by atoms with Gasteiger partial charge in [-0.2, -0.15) is 0 Å². The molecule has 1 aromatic carbocycles. The summed E-state index contributed by atoms with van der Waals surface area (Å²) < 4.78 is 2.31. The van der Waals surface area contributed by atoms with Crippen LogP contribution in [0.15, 0.2) is 33.9 Å². The lowest BCUT2D eigenvalue weighted by Gasteiger charge is -2.12. The molecule has 0 aliphatic heterocycles. The number of nitrogens with one attached hydrogen (secondary N) is 3. The number of carbonyl (C=O) groups excluding carboxylic acids is 2. The number of aromatic nitrogens is 4. The number of rotatable bonds is 10. The van der Waals surface area contributed by atoms with Crippen molar-refractivity contribution in [1.82, 2.24) is 29.7 Å². The third kappa shape index (κ3) is 5.41. The summed E-state index contributed by atoms with van der Waals surface area (Å²) in [6.07, 6.45) is 2.18. The van der Waals surface area contributed by atoms with E-state index in [0.717, 1.165) is 17.4 Å². The Morgan fingerprint density at radius 3 is 2.41 bits per heavy atom. The summed E-state index contributed by atoms with van der Waals surface area (Å²) in [7, 11) is 2.95. The van der Waals surface area contributed by atoms with E-state index < -0.39 is 17.3 Å². The van der Waals surface area contributed by atoms with Gasteiger partial charge in [0.05, 0.1) is 6.04 Å². The van der Waals surface area contributed by atoms with Crippen LogP contribution >= 0.6 is 0 Å². The van der Waals surface area contributed by atoms with Crippen LogP contribution in [0.4, 0.5) is 0 Å². The molecule has 0 spiro atoms. The predicted octanol–water partition coefficient (Wildman–Crippen LogP) is -1.07. The molecule has 0 radical (unpaired) electrons. The number of amides is 2. The largest absolute Gasteiger partial charge is 0.353 e. The average Bonchev–Trinajstić information content (AvgIpc) is 3.29. The van der Waals surface area contributed by atoms with Crippen molar-refractivity contribution in [2.45, 2.75) is 25.3 Å². The summed E-state index contributed by atoms with van der Waals surface area (Å²) in [5.41, 5.74) is 11.9. The maximum absolute atomic E-state index is 12.4. The molecule has 7 N–H and O–H groups in total. The second-order valence-corrected chi connectivity index (χ2v) is 8.01. The van der Waals surface area contributed by atoms with Crippen molar-refractivity contribution in [2.24, 2.45) is 25.6 Å². The number of nitrogens with two attached hydrogens (primary N) is 2. The molecule has 2 amide bonds. The van der Waals surface area contributed by atoms with Gasteiger partial charge in [0.1, 0.15) is 11.3 Å². The average molecular weight is 471 g/mol. The summed E-state index contributed by atoms with van der Waals surface area (Å²) >= 11 is 0. The molecular formula is C22H30N8O4. The number of fused-ring (bicyclic) bond motifs is 1. The Hall–Kier alpha value is -3.77. The lowest BCUT2D eigenvalue weighted by atomic mass is 10.1. The smallest absolute Gasteiger partial charge is 0.332 e. The van der Waals surface area contributed by atoms with Gasteiger partial charge in [0.15, 0.2) is 5.65 Å². The molecule has 0 bridgehead atoms. The highest BCUT2D eigenvalue weighted by molar-refractivity contribution is 5.94. The lowest BCUT2D eigenvalue weighted by molar-refractivity contribution is -0.122. The Kier molecular flexibility index (Phi) is 7.97. The highest BCUT2D eigenvalue weighted by Gasteiger charge is 2.15. The van der Waals surface area contributed by atoms with Crippen LogP contribution in [-0.2, 0) is 18.9 Å². The van der Waals surface area contributed by atoms with E-state index in [4.69, 9.17) is 11.5 Å². The van der Waals surface area contributed by atoms with E-state index in [1.807, 2.05) is 0 Å². The maximum atomic E-state index is 12.4. The fourth-order valence-corrected chi connectivity index (χ4v) is 3.48. The molecule has 1 unspecified atom stereocenters. The van der Waals surface area contributed by atoms with Gasteiger partial charge in [0.25, 0.3) is 11.5 Å². The molecule has 3 rings (SSSR count). The fraction of sp³-hybridized carbons (Fsp3) is 0.409. The second-order valence-electron chi connectivity index (χ2n) is 8.01. The van der Waals surface area contributed by atoms with Gasteiger partial charge in [-0.15, -0.1) is 0 Å². The molecule has 12 nitrogen and oxygen atoms in total. The van der Waals surface area contributed by atoms with Gasteiger partial charge in [-0.05, 0) is 31.5 Å². The van der Waals surface area contributed by atoms with Gasteiger partial charge in [0, 0.05) is 38.3 Å². The number of hydrogen-bond donors (Lipinski definition) is 5. The van der Waals surface area contributed by atoms with E-state index in [0.29, 0.717) is 29.9 Å². The summed E-state index contributed by atoms with van der Waals surface area (Å²) in [5.74, 6) is -0.145. The lowest BCUT2D eigenvalue weighted by Crippen LogP contribution is -2.43. The summed E-state index contributed by atoms with van der Waals surface area (Å²) in [6.45, 7) is 1.09. The molecule has 0 saturated heterocycles. The van der Waals surface area contributed by atoms with Crippen molar-refractivity contribution < 1.29 is 9.59 Å². The minimum Gasteiger partial charge on any atom is -0.353 e. The fourth-order valence-electron chi connectivity index (χ4n) is 3.48. The number of carbonyl (C=O) groups is 2. The van der Waals surface area contributed by atoms with E-state index in [1.165, 1.54) is 11.6 Å². The molecule has 0 fully saturated rings. The Bertz CT molecular complexity index is 1290. The number of benzene rings is 1. The molecular weight excluding hydrogens is 440 g/mol. The molecule has 0 saturated carbocycles. The normalized spacial score (nSPS) is 12.0. The molecule has 2 heterocycles. The van der Waals surface area contributed by atoms with Crippen molar-refractivity contribution >= 4 is 23.0 Å². The van der Waals surface area contributed by atoms with Gasteiger partial charge >= 0.3 is 5.69 Å². The van der Waals surface area contributed by atoms with Crippen LogP contribution in [0.5, 0.6) is 0 Å². The van der Waals surface area contributed by atoms with Gasteiger partial charge < -0.3 is 27.1 Å². The first kappa shape index (κ1) is 24.9. The van der Waals surface area contributed by atoms with Crippen molar-refractivity contribution in [1.29, 1.82) is 0 Å². The highest BCUT2D eigenvalue weighted by atomic mass is 16.2. The summed E-state index contributed by atoms with van der Waals surface area (Å²) in [4.78, 5) is 56.1. The molecule has 1 atom stereocenters. The van der Waals surface area contributed by atoms with Gasteiger partial charge in [0.2, 0.25) is 5.91 Å². The third-order valence-corrected chi connectivity index (χ3v) is 5.53. The van der Waals surface area contributed by atoms with E-state index >= 15 is 0 Å². The van der Waals surface area contributed by atoms with Crippen LogP contribution < -0.4 is 33.3 Å². The minimum atomic E-state index is -0.587. The van der Waals surface area contributed by atoms with Gasteiger partial charge in [-0.1, -0.05) is 18.6 Å². The number of aromatic amines is 1. The van der Waals surface area contributed by atoms with Crippen molar-refractivity contribution in [2.75, 3.05) is 19.6 Å². The van der Waals surface area contributed by atoms with Crippen LogP contribution in [0.1, 0.15) is 29.6 Å². The van der Waals surface area contributed by atoms with Crippen LogP contribution in [0, 0.1) is 0 Å². The van der Waals surface area contributed by atoms with Crippen molar-refractivity contribution in [3.05, 3.63) is 50.7 Å². The monoisotopic (exact) mass is 470 g/mol. The maximum Gasteiger partial charge on any atom is 0.332 e. The molecule has 34 heavy (non-hydrogen) atoms. The standard InChI is InChI=1S/C22H30N8O4/c1-29-18-16(21(33)30(2)22(29)34)27-17(28-18)13-6-8-14(9-7-13)19(31)25-11-12-26-20(32)15(24)5-3-4-10-23/h6-9,15H,3-5,10-12,23-24H2,1-2H3,(H,25,31)(H,26,32)(H,27,28). The first-order valence-electron chi connectivity index (χ1n) is 11.0.